The number of hydrogen-bond donors (Lipinski definition) is 3. The molecule has 3 N–H and O–H groups in total. The molecule has 0 saturated carbocycles. The zero-order valence-electron chi connectivity index (χ0n) is 17.3. The van der Waals surface area contributed by atoms with Crippen molar-refractivity contribution in [3.63, 3.8) is 0 Å². The van der Waals surface area contributed by atoms with Crippen molar-refractivity contribution in [1.82, 2.24) is 18.7 Å². The van der Waals surface area contributed by atoms with Crippen molar-refractivity contribution in [1.29, 1.82) is 0 Å². The average Bonchev–Trinajstić information content (AvgIpc) is 3.11. The molecule has 3 rings (SSSR count). The lowest BCUT2D eigenvalue weighted by molar-refractivity contribution is 0.0937. The van der Waals surface area contributed by atoms with Gasteiger partial charge in [0.1, 0.15) is 18.5 Å². The summed E-state index contributed by atoms with van der Waals surface area (Å²) in [5, 5.41) is 22.6. The van der Waals surface area contributed by atoms with Crippen LogP contribution in [0.4, 0.5) is 5.95 Å². The smallest absolute Gasteiger partial charge is 0.332 e. The normalized spacial score (nSPS) is 12.3. The number of anilines is 1. The molecule has 0 bridgehead atoms. The first-order chi connectivity index (χ1) is 14.4. The number of ether oxygens (including phenoxy) is 1. The molecule has 1 aromatic carbocycles. The van der Waals surface area contributed by atoms with E-state index in [-0.39, 0.29) is 43.4 Å². The van der Waals surface area contributed by atoms with E-state index in [1.165, 1.54) is 23.2 Å². The summed E-state index contributed by atoms with van der Waals surface area (Å²) in [5.74, 6) is 0.935. The molecule has 0 spiro atoms. The lowest BCUT2D eigenvalue weighted by Crippen LogP contribution is -2.38. The molecule has 1 atom stereocenters. The lowest BCUT2D eigenvalue weighted by atomic mass is 10.2. The number of hydrogen-bond acceptors (Lipinski definition) is 7. The predicted molar refractivity (Wildman–Crippen MR) is 113 cm³/mol. The molecule has 10 heteroatoms. The number of aliphatic hydroxyl groups is 2. The fourth-order valence-electron chi connectivity index (χ4n) is 3.24. The number of aromatic nitrogens is 4. The van der Waals surface area contributed by atoms with E-state index in [0.29, 0.717) is 5.75 Å². The monoisotopic (exact) mass is 417 g/mol. The Labute approximate surface area is 173 Å². The molecule has 3 aromatic rings. The molecule has 162 valence electrons. The zero-order valence-corrected chi connectivity index (χ0v) is 17.3. The lowest BCUT2D eigenvalue weighted by Gasteiger charge is -2.16. The van der Waals surface area contributed by atoms with Gasteiger partial charge in [0.05, 0.1) is 13.2 Å². The standard InChI is InChI=1S/C20H27N5O5/c1-4-13-6-5-7-15(10-13)30-12-14(27)11-25-16-17(22-19(25)21-8-9-26)23(2)20(29)24(3)18(16)28/h5-7,10,14,26-27H,4,8-9,11-12H2,1-3H3,(H,21,22)/t14-/m0/s1. The number of benzene rings is 1. The molecule has 0 radical (unpaired) electrons. The second-order valence-electron chi connectivity index (χ2n) is 7.04. The van der Waals surface area contributed by atoms with Crippen LogP contribution in [0.15, 0.2) is 33.9 Å². The van der Waals surface area contributed by atoms with E-state index in [0.717, 1.165) is 16.6 Å². The van der Waals surface area contributed by atoms with Gasteiger partial charge < -0.3 is 24.8 Å². The summed E-state index contributed by atoms with van der Waals surface area (Å²) in [5.41, 5.74) is 0.508. The Bertz CT molecular complexity index is 1150. The van der Waals surface area contributed by atoms with Gasteiger partial charge in [-0.15, -0.1) is 0 Å². The fraction of sp³-hybridized carbons (Fsp3) is 0.450. The van der Waals surface area contributed by atoms with E-state index in [2.05, 4.69) is 10.3 Å². The van der Waals surface area contributed by atoms with Crippen molar-refractivity contribution >= 4 is 17.1 Å². The molecule has 2 aromatic heterocycles. The van der Waals surface area contributed by atoms with Crippen molar-refractivity contribution in [3.05, 3.63) is 50.7 Å². The van der Waals surface area contributed by atoms with Gasteiger partial charge >= 0.3 is 5.69 Å². The first-order valence-corrected chi connectivity index (χ1v) is 9.78. The summed E-state index contributed by atoms with van der Waals surface area (Å²) < 4.78 is 9.49. The van der Waals surface area contributed by atoms with Crippen molar-refractivity contribution in [3.8, 4) is 5.75 Å². The minimum Gasteiger partial charge on any atom is -0.491 e. The van der Waals surface area contributed by atoms with Crippen molar-refractivity contribution in [2.45, 2.75) is 26.0 Å². The summed E-state index contributed by atoms with van der Waals surface area (Å²) >= 11 is 0. The van der Waals surface area contributed by atoms with Gasteiger partial charge in [0.25, 0.3) is 5.56 Å². The predicted octanol–water partition coefficient (Wildman–Crippen LogP) is -0.160. The van der Waals surface area contributed by atoms with Gasteiger partial charge in [-0.25, -0.2) is 4.79 Å². The van der Waals surface area contributed by atoms with Gasteiger partial charge in [0, 0.05) is 20.6 Å². The highest BCUT2D eigenvalue weighted by atomic mass is 16.5. The number of nitrogens with zero attached hydrogens (tertiary/aromatic N) is 4. The molecule has 0 amide bonds. The summed E-state index contributed by atoms with van der Waals surface area (Å²) in [6, 6.07) is 7.63. The summed E-state index contributed by atoms with van der Waals surface area (Å²) in [4.78, 5) is 29.3. The summed E-state index contributed by atoms with van der Waals surface area (Å²) in [7, 11) is 2.92. The Morgan fingerprint density at radius 1 is 1.23 bits per heavy atom. The minimum atomic E-state index is -0.940. The molecule has 0 saturated heterocycles. The molecule has 30 heavy (non-hydrogen) atoms. The first-order valence-electron chi connectivity index (χ1n) is 9.78. The molecule has 0 aliphatic carbocycles. The maximum atomic E-state index is 12.7. The highest BCUT2D eigenvalue weighted by Gasteiger charge is 2.21. The number of imidazole rings is 1. The minimum absolute atomic E-state index is 0.0123. The Morgan fingerprint density at radius 3 is 2.70 bits per heavy atom. The van der Waals surface area contributed by atoms with E-state index in [1.54, 1.807) is 0 Å². The van der Waals surface area contributed by atoms with Crippen molar-refractivity contribution in [2.24, 2.45) is 14.1 Å². The number of aryl methyl sites for hydroxylation is 2. The van der Waals surface area contributed by atoms with Crippen LogP contribution in [-0.2, 0) is 27.1 Å². The highest BCUT2D eigenvalue weighted by molar-refractivity contribution is 5.74. The summed E-state index contributed by atoms with van der Waals surface area (Å²) in [6.45, 7) is 2.14. The van der Waals surface area contributed by atoms with Gasteiger partial charge in [-0.2, -0.15) is 4.98 Å². The average molecular weight is 417 g/mol. The molecular weight excluding hydrogens is 390 g/mol. The van der Waals surface area contributed by atoms with Crippen LogP contribution in [0.25, 0.3) is 11.2 Å². The van der Waals surface area contributed by atoms with E-state index in [9.17, 15) is 14.7 Å². The third-order valence-corrected chi connectivity index (χ3v) is 4.89. The zero-order chi connectivity index (χ0) is 21.8. The van der Waals surface area contributed by atoms with Crippen LogP contribution < -0.4 is 21.3 Å². The van der Waals surface area contributed by atoms with Crippen LogP contribution in [0, 0.1) is 0 Å². The van der Waals surface area contributed by atoms with Crippen LogP contribution in [0.2, 0.25) is 0 Å². The van der Waals surface area contributed by atoms with Gasteiger partial charge in [0.2, 0.25) is 5.95 Å². The van der Waals surface area contributed by atoms with Crippen LogP contribution >= 0.6 is 0 Å². The van der Waals surface area contributed by atoms with Gasteiger partial charge in [-0.3, -0.25) is 13.9 Å². The van der Waals surface area contributed by atoms with Crippen LogP contribution in [0.5, 0.6) is 5.75 Å². The van der Waals surface area contributed by atoms with Gasteiger partial charge in [-0.05, 0) is 24.1 Å². The van der Waals surface area contributed by atoms with E-state index in [4.69, 9.17) is 9.84 Å². The molecule has 10 nitrogen and oxygen atoms in total. The van der Waals surface area contributed by atoms with E-state index in [1.807, 2.05) is 31.2 Å². The van der Waals surface area contributed by atoms with Gasteiger partial charge in [0.15, 0.2) is 11.2 Å². The molecule has 0 unspecified atom stereocenters. The Kier molecular flexibility index (Phi) is 6.58. The maximum Gasteiger partial charge on any atom is 0.332 e. The quantitative estimate of drug-likeness (QED) is 0.442. The molecule has 0 aliphatic rings. The van der Waals surface area contributed by atoms with Crippen LogP contribution in [-0.4, -0.2) is 54.8 Å². The first kappa shape index (κ1) is 21.6. The second-order valence-corrected chi connectivity index (χ2v) is 7.04. The fourth-order valence-corrected chi connectivity index (χ4v) is 3.24. The molecule has 2 heterocycles. The Hall–Kier alpha value is -3.11. The molecular formula is C20H27N5O5. The van der Waals surface area contributed by atoms with Crippen molar-refractivity contribution < 1.29 is 14.9 Å². The Balaban J connectivity index is 1.91. The van der Waals surface area contributed by atoms with Crippen molar-refractivity contribution in [2.75, 3.05) is 25.1 Å². The van der Waals surface area contributed by atoms with E-state index < -0.39 is 17.4 Å². The number of aliphatic hydroxyl groups excluding tert-OH is 2. The highest BCUT2D eigenvalue weighted by Crippen LogP contribution is 2.17. The summed E-state index contributed by atoms with van der Waals surface area (Å²) in [6.07, 6.45) is -0.0628. The van der Waals surface area contributed by atoms with Crippen LogP contribution in [0.1, 0.15) is 12.5 Å². The SMILES string of the molecule is CCc1cccc(OC[C@@H](O)Cn2c(NCCO)nc3c2c(=O)n(C)c(=O)n3C)c1. The number of nitrogens with one attached hydrogen (secondary N) is 1. The van der Waals surface area contributed by atoms with Crippen LogP contribution in [0.3, 0.4) is 0 Å². The van der Waals surface area contributed by atoms with E-state index >= 15 is 0 Å². The number of fused-ring (bicyclic) bond motifs is 1. The Morgan fingerprint density at radius 2 is 2.00 bits per heavy atom. The molecule has 0 fully saturated rings. The van der Waals surface area contributed by atoms with Gasteiger partial charge in [-0.1, -0.05) is 19.1 Å². The maximum absolute atomic E-state index is 12.7. The molecule has 0 aliphatic heterocycles. The second kappa shape index (κ2) is 9.14. The third-order valence-electron chi connectivity index (χ3n) is 4.89. The number of rotatable bonds is 9. The largest absolute Gasteiger partial charge is 0.491 e. The topological polar surface area (TPSA) is 124 Å². The third kappa shape index (κ3) is 4.24.